The van der Waals surface area contributed by atoms with Crippen LogP contribution < -0.4 is 10.5 Å². The summed E-state index contributed by atoms with van der Waals surface area (Å²) in [6, 6.07) is 10.7. The molecule has 0 aliphatic heterocycles. The van der Waals surface area contributed by atoms with E-state index in [0.717, 1.165) is 24.4 Å². The molecule has 1 aromatic carbocycles. The van der Waals surface area contributed by atoms with Gasteiger partial charge in [-0.05, 0) is 25.1 Å². The van der Waals surface area contributed by atoms with Gasteiger partial charge in [0.05, 0.1) is 22.2 Å². The van der Waals surface area contributed by atoms with Crippen molar-refractivity contribution in [2.45, 2.75) is 24.5 Å². The van der Waals surface area contributed by atoms with Crippen LogP contribution in [0.4, 0.5) is 0 Å². The number of fused-ring (bicyclic) bond motifs is 1. The average molecular weight is 408 g/mol. The van der Waals surface area contributed by atoms with Gasteiger partial charge in [-0.2, -0.15) is 0 Å². The number of sulfonamides is 1. The molecule has 0 amide bonds. The van der Waals surface area contributed by atoms with E-state index in [1.807, 2.05) is 31.3 Å². The van der Waals surface area contributed by atoms with E-state index in [9.17, 15) is 13.2 Å². The van der Waals surface area contributed by atoms with Crippen LogP contribution in [-0.4, -0.2) is 43.4 Å². The maximum Gasteiger partial charge on any atom is 0.254 e. The van der Waals surface area contributed by atoms with Gasteiger partial charge in [-0.3, -0.25) is 9.36 Å². The Morgan fingerprint density at radius 3 is 2.59 bits per heavy atom. The topological polar surface area (TPSA) is 76.7 Å². The second-order valence-electron chi connectivity index (χ2n) is 6.71. The van der Waals surface area contributed by atoms with Crippen molar-refractivity contribution in [1.82, 2.24) is 13.9 Å². The van der Waals surface area contributed by atoms with Crippen molar-refractivity contribution in [1.29, 1.82) is 0 Å². The fourth-order valence-corrected chi connectivity index (χ4v) is 4.72. The third kappa shape index (κ3) is 3.96. The first kappa shape index (κ1) is 19.7. The van der Waals surface area contributed by atoms with Gasteiger partial charge in [-0.25, -0.2) is 17.7 Å². The van der Waals surface area contributed by atoms with Crippen LogP contribution >= 0.6 is 11.3 Å². The van der Waals surface area contributed by atoms with Gasteiger partial charge in [0, 0.05) is 26.4 Å². The number of thiazole rings is 1. The van der Waals surface area contributed by atoms with Gasteiger partial charge < -0.3 is 4.90 Å². The van der Waals surface area contributed by atoms with E-state index in [-0.39, 0.29) is 16.5 Å². The maximum absolute atomic E-state index is 12.3. The molecule has 1 unspecified atom stereocenters. The molecular formula is C18H23N4O3S2+. The van der Waals surface area contributed by atoms with Gasteiger partial charge in [0.1, 0.15) is 6.04 Å². The summed E-state index contributed by atoms with van der Waals surface area (Å²) in [7, 11) is 1.32. The molecule has 3 rings (SSSR count). The van der Waals surface area contributed by atoms with Crippen molar-refractivity contribution < 1.29 is 13.3 Å². The molecule has 9 heteroatoms. The van der Waals surface area contributed by atoms with E-state index in [0.29, 0.717) is 6.67 Å². The Balaban J connectivity index is 1.86. The molecule has 0 fully saturated rings. The van der Waals surface area contributed by atoms with E-state index in [2.05, 4.69) is 11.9 Å². The Labute approximate surface area is 162 Å². The molecular weight excluding hydrogens is 384 g/mol. The molecule has 0 saturated heterocycles. The third-order valence-corrected chi connectivity index (χ3v) is 7.59. The lowest BCUT2D eigenvalue weighted by molar-refractivity contribution is -0.932. The number of hydrogen-bond donors (Lipinski definition) is 1. The summed E-state index contributed by atoms with van der Waals surface area (Å²) in [4.78, 5) is 18.1. The summed E-state index contributed by atoms with van der Waals surface area (Å²) in [5.41, 5.74) is 0.733. The Morgan fingerprint density at radius 2 is 1.93 bits per heavy atom. The Kier molecular flexibility index (Phi) is 5.48. The molecule has 144 valence electrons. The Morgan fingerprint density at radius 1 is 1.22 bits per heavy atom. The highest BCUT2D eigenvalue weighted by atomic mass is 32.2. The third-order valence-electron chi connectivity index (χ3n) is 4.57. The molecule has 0 aliphatic carbocycles. The summed E-state index contributed by atoms with van der Waals surface area (Å²) >= 11 is 1.64. The van der Waals surface area contributed by atoms with Gasteiger partial charge in [0.2, 0.25) is 10.0 Å². The molecule has 3 aromatic rings. The zero-order chi connectivity index (χ0) is 19.8. The van der Waals surface area contributed by atoms with Crippen molar-refractivity contribution in [2.75, 3.05) is 21.1 Å². The number of hydrogen-bond acceptors (Lipinski definition) is 5. The minimum Gasteiger partial charge on any atom is -0.312 e. The van der Waals surface area contributed by atoms with Crippen molar-refractivity contribution in [3.8, 4) is 0 Å². The zero-order valence-corrected chi connectivity index (χ0v) is 17.3. The van der Waals surface area contributed by atoms with Crippen molar-refractivity contribution in [2.24, 2.45) is 0 Å². The SMILES string of the molecule is C[C@H](c1nc2ccccc2s1)[NH+](C)Cn1cc(S(=O)(=O)N(C)C)ccc1=O. The van der Waals surface area contributed by atoms with Crippen molar-refractivity contribution in [3.63, 3.8) is 0 Å². The minimum absolute atomic E-state index is 0.0587. The molecule has 0 bridgehead atoms. The number of pyridine rings is 1. The lowest BCUT2D eigenvalue weighted by atomic mass is 10.3. The van der Waals surface area contributed by atoms with Gasteiger partial charge >= 0.3 is 0 Å². The number of rotatable bonds is 6. The number of quaternary nitrogens is 1. The number of nitrogens with zero attached hydrogens (tertiary/aromatic N) is 3. The summed E-state index contributed by atoms with van der Waals surface area (Å²) in [6.07, 6.45) is 1.41. The fourth-order valence-electron chi connectivity index (χ4n) is 2.69. The van der Waals surface area contributed by atoms with Crippen LogP contribution in [0.15, 0.2) is 52.3 Å². The highest BCUT2D eigenvalue weighted by molar-refractivity contribution is 7.89. The first-order valence-corrected chi connectivity index (χ1v) is 10.8. The quantitative estimate of drug-likeness (QED) is 0.660. The van der Waals surface area contributed by atoms with Gasteiger partial charge in [0.25, 0.3) is 5.56 Å². The van der Waals surface area contributed by atoms with E-state index < -0.39 is 10.0 Å². The van der Waals surface area contributed by atoms with E-state index in [1.54, 1.807) is 11.3 Å². The predicted octanol–water partition coefficient (Wildman–Crippen LogP) is 0.942. The first-order valence-electron chi connectivity index (χ1n) is 8.51. The van der Waals surface area contributed by atoms with E-state index in [1.165, 1.54) is 37.0 Å². The standard InChI is InChI=1S/C18H22N4O3S2/c1-13(18-19-15-7-5-6-8-16(15)26-18)21(4)12-22-11-14(9-10-17(22)23)27(24,25)20(2)3/h5-11,13H,12H2,1-4H3/p+1/t13-/m1/s1. The largest absolute Gasteiger partial charge is 0.312 e. The van der Waals surface area contributed by atoms with Crippen LogP contribution in [-0.2, 0) is 16.7 Å². The van der Waals surface area contributed by atoms with Crippen LogP contribution in [0.5, 0.6) is 0 Å². The zero-order valence-electron chi connectivity index (χ0n) is 15.7. The van der Waals surface area contributed by atoms with Crippen molar-refractivity contribution in [3.05, 3.63) is 58.0 Å². The van der Waals surface area contributed by atoms with Crippen LogP contribution in [0.2, 0.25) is 0 Å². The lowest BCUT2D eigenvalue weighted by Gasteiger charge is -2.21. The van der Waals surface area contributed by atoms with Crippen LogP contribution in [0.1, 0.15) is 18.0 Å². The van der Waals surface area contributed by atoms with Gasteiger partial charge in [-0.1, -0.05) is 12.1 Å². The van der Waals surface area contributed by atoms with Crippen LogP contribution in [0, 0.1) is 0 Å². The molecule has 2 aromatic heterocycles. The van der Waals surface area contributed by atoms with E-state index >= 15 is 0 Å². The molecule has 0 saturated carbocycles. The van der Waals surface area contributed by atoms with Gasteiger partial charge in [-0.15, -0.1) is 11.3 Å². The smallest absolute Gasteiger partial charge is 0.254 e. The highest BCUT2D eigenvalue weighted by Gasteiger charge is 2.22. The number of benzene rings is 1. The van der Waals surface area contributed by atoms with Crippen molar-refractivity contribution >= 4 is 31.6 Å². The highest BCUT2D eigenvalue weighted by Crippen LogP contribution is 2.24. The average Bonchev–Trinajstić information content (AvgIpc) is 3.06. The molecule has 27 heavy (non-hydrogen) atoms. The van der Waals surface area contributed by atoms with Crippen LogP contribution in [0.25, 0.3) is 10.2 Å². The van der Waals surface area contributed by atoms with E-state index in [4.69, 9.17) is 0 Å². The Hall–Kier alpha value is -2.07. The number of nitrogens with one attached hydrogen (secondary N) is 1. The lowest BCUT2D eigenvalue weighted by Crippen LogP contribution is -3.08. The monoisotopic (exact) mass is 407 g/mol. The number of aromatic nitrogens is 2. The molecule has 2 heterocycles. The molecule has 0 spiro atoms. The molecule has 0 radical (unpaired) electrons. The summed E-state index contributed by atoms with van der Waals surface area (Å²) in [5.74, 6) is 0. The maximum atomic E-state index is 12.3. The fraction of sp³-hybridized carbons (Fsp3) is 0.333. The first-order chi connectivity index (χ1) is 12.7. The second kappa shape index (κ2) is 7.51. The molecule has 7 nitrogen and oxygen atoms in total. The second-order valence-corrected chi connectivity index (χ2v) is 9.92. The molecule has 0 aliphatic rings. The van der Waals surface area contributed by atoms with Crippen LogP contribution in [0.3, 0.4) is 0 Å². The summed E-state index contributed by atoms with van der Waals surface area (Å²) in [6.45, 7) is 2.39. The molecule has 2 atom stereocenters. The normalized spacial score (nSPS) is 14.6. The summed E-state index contributed by atoms with van der Waals surface area (Å²) in [5, 5.41) is 0.985. The predicted molar refractivity (Wildman–Crippen MR) is 106 cm³/mol. The Bertz CT molecular complexity index is 1090. The minimum atomic E-state index is -3.59. The molecule has 1 N–H and O–H groups in total. The summed E-state index contributed by atoms with van der Waals surface area (Å²) < 4.78 is 28.4. The number of para-hydroxylation sites is 1. The van der Waals surface area contributed by atoms with Gasteiger partial charge in [0.15, 0.2) is 11.7 Å².